The van der Waals surface area contributed by atoms with E-state index in [4.69, 9.17) is 0 Å². The maximum atomic E-state index is 13.7. The van der Waals surface area contributed by atoms with Crippen molar-refractivity contribution in [3.63, 3.8) is 0 Å². The Morgan fingerprint density at radius 3 is 2.26 bits per heavy atom. The number of hydrogen-bond donors (Lipinski definition) is 2. The summed E-state index contributed by atoms with van der Waals surface area (Å²) in [6.07, 6.45) is 1.50. The largest absolute Gasteiger partial charge is 0.335 e. The molecule has 23 heavy (non-hydrogen) atoms. The summed E-state index contributed by atoms with van der Waals surface area (Å²) in [5.41, 5.74) is 0.545. The van der Waals surface area contributed by atoms with Gasteiger partial charge in [0.15, 0.2) is 0 Å². The Morgan fingerprint density at radius 1 is 0.870 bits per heavy atom. The molecule has 3 rings (SSSR count). The second-order valence-electron chi connectivity index (χ2n) is 4.62. The standard InChI is InChI=1S/C16H11BrF2N4/c17-10-4-6-11(7-5-10)21-16-20-9-8-14(23-16)22-15-12(18)2-1-3-13(15)19/h1-9H,(H2,20,21,22,23). The van der Waals surface area contributed by atoms with Crippen LogP contribution in [0.15, 0.2) is 59.2 Å². The fourth-order valence-corrected chi connectivity index (χ4v) is 2.16. The van der Waals surface area contributed by atoms with Gasteiger partial charge in [-0.2, -0.15) is 4.98 Å². The fourth-order valence-electron chi connectivity index (χ4n) is 1.90. The molecule has 0 spiro atoms. The highest BCUT2D eigenvalue weighted by Gasteiger charge is 2.09. The molecule has 0 radical (unpaired) electrons. The molecule has 0 aliphatic heterocycles. The molecule has 0 fully saturated rings. The van der Waals surface area contributed by atoms with Crippen LogP contribution in [-0.4, -0.2) is 9.97 Å². The third-order valence-corrected chi connectivity index (χ3v) is 3.50. The number of para-hydroxylation sites is 1. The molecule has 0 unspecified atom stereocenters. The second kappa shape index (κ2) is 6.70. The van der Waals surface area contributed by atoms with Crippen molar-refractivity contribution >= 4 is 39.1 Å². The molecule has 0 saturated heterocycles. The number of aromatic nitrogens is 2. The van der Waals surface area contributed by atoms with Crippen LogP contribution in [0, 0.1) is 11.6 Å². The first-order valence-electron chi connectivity index (χ1n) is 6.68. The average Bonchev–Trinajstić information content (AvgIpc) is 2.54. The highest BCUT2D eigenvalue weighted by Crippen LogP contribution is 2.23. The number of nitrogens with zero attached hydrogens (tertiary/aromatic N) is 2. The number of halogens is 3. The lowest BCUT2D eigenvalue weighted by molar-refractivity contribution is 0.590. The van der Waals surface area contributed by atoms with Crippen molar-refractivity contribution in [2.75, 3.05) is 10.6 Å². The first kappa shape index (κ1) is 15.4. The van der Waals surface area contributed by atoms with Crippen molar-refractivity contribution in [3.05, 3.63) is 70.8 Å². The molecule has 1 heterocycles. The molecule has 7 heteroatoms. The van der Waals surface area contributed by atoms with Crippen LogP contribution in [0.25, 0.3) is 0 Å². The summed E-state index contributed by atoms with van der Waals surface area (Å²) in [4.78, 5) is 8.27. The normalized spacial score (nSPS) is 10.4. The minimum absolute atomic E-state index is 0.249. The molecule has 1 aromatic heterocycles. The molecule has 0 bridgehead atoms. The minimum Gasteiger partial charge on any atom is -0.335 e. The molecular weight excluding hydrogens is 366 g/mol. The van der Waals surface area contributed by atoms with Crippen LogP contribution in [0.2, 0.25) is 0 Å². The van der Waals surface area contributed by atoms with E-state index < -0.39 is 11.6 Å². The van der Waals surface area contributed by atoms with Crippen LogP contribution in [0.4, 0.5) is 31.9 Å². The van der Waals surface area contributed by atoms with Crippen molar-refractivity contribution in [3.8, 4) is 0 Å². The number of hydrogen-bond acceptors (Lipinski definition) is 4. The van der Waals surface area contributed by atoms with Gasteiger partial charge in [-0.3, -0.25) is 0 Å². The Hall–Kier alpha value is -2.54. The van der Waals surface area contributed by atoms with Gasteiger partial charge < -0.3 is 10.6 Å². The topological polar surface area (TPSA) is 49.8 Å². The van der Waals surface area contributed by atoms with Gasteiger partial charge in [0.1, 0.15) is 23.1 Å². The van der Waals surface area contributed by atoms with Gasteiger partial charge in [-0.05, 0) is 42.5 Å². The lowest BCUT2D eigenvalue weighted by atomic mass is 10.3. The number of anilines is 4. The van der Waals surface area contributed by atoms with Gasteiger partial charge in [-0.1, -0.05) is 22.0 Å². The molecule has 0 aliphatic carbocycles. The van der Waals surface area contributed by atoms with Gasteiger partial charge in [0.2, 0.25) is 5.95 Å². The maximum Gasteiger partial charge on any atom is 0.229 e. The highest BCUT2D eigenvalue weighted by atomic mass is 79.9. The van der Waals surface area contributed by atoms with Crippen LogP contribution in [0.1, 0.15) is 0 Å². The second-order valence-corrected chi connectivity index (χ2v) is 5.53. The summed E-state index contributed by atoms with van der Waals surface area (Å²) in [6, 6.07) is 12.6. The van der Waals surface area contributed by atoms with Crippen molar-refractivity contribution in [2.45, 2.75) is 0 Å². The molecule has 4 nitrogen and oxygen atoms in total. The summed E-state index contributed by atoms with van der Waals surface area (Å²) < 4.78 is 28.3. The van der Waals surface area contributed by atoms with E-state index in [1.54, 1.807) is 0 Å². The number of benzene rings is 2. The molecule has 0 atom stereocenters. The fraction of sp³-hybridized carbons (Fsp3) is 0. The van der Waals surface area contributed by atoms with Gasteiger partial charge in [0.25, 0.3) is 0 Å². The quantitative estimate of drug-likeness (QED) is 0.672. The van der Waals surface area contributed by atoms with E-state index in [-0.39, 0.29) is 11.5 Å². The predicted molar refractivity (Wildman–Crippen MR) is 89.1 cm³/mol. The monoisotopic (exact) mass is 376 g/mol. The van der Waals surface area contributed by atoms with Crippen molar-refractivity contribution < 1.29 is 8.78 Å². The Bertz CT molecular complexity index is 804. The molecule has 2 N–H and O–H groups in total. The zero-order chi connectivity index (χ0) is 16.2. The SMILES string of the molecule is Fc1cccc(F)c1Nc1ccnc(Nc2ccc(Br)cc2)n1. The summed E-state index contributed by atoms with van der Waals surface area (Å²) >= 11 is 3.35. The molecule has 116 valence electrons. The van der Waals surface area contributed by atoms with Crippen LogP contribution < -0.4 is 10.6 Å². The first-order valence-corrected chi connectivity index (χ1v) is 7.48. The molecular formula is C16H11BrF2N4. The lowest BCUT2D eigenvalue weighted by Crippen LogP contribution is -2.02. The Labute approximate surface area is 139 Å². The van der Waals surface area contributed by atoms with E-state index in [1.807, 2.05) is 24.3 Å². The summed E-state index contributed by atoms with van der Waals surface area (Å²) in [7, 11) is 0. The predicted octanol–water partition coefficient (Wildman–Crippen LogP) is 5.00. The summed E-state index contributed by atoms with van der Waals surface area (Å²) in [6.45, 7) is 0. The maximum absolute atomic E-state index is 13.7. The van der Waals surface area contributed by atoms with Crippen molar-refractivity contribution in [1.82, 2.24) is 9.97 Å². The molecule has 2 aromatic carbocycles. The van der Waals surface area contributed by atoms with E-state index in [2.05, 4.69) is 36.5 Å². The van der Waals surface area contributed by atoms with E-state index in [9.17, 15) is 8.78 Å². The zero-order valence-electron chi connectivity index (χ0n) is 11.7. The van der Waals surface area contributed by atoms with E-state index >= 15 is 0 Å². The third kappa shape index (κ3) is 3.81. The highest BCUT2D eigenvalue weighted by molar-refractivity contribution is 9.10. The Balaban J connectivity index is 1.81. The summed E-state index contributed by atoms with van der Waals surface area (Å²) in [5.74, 6) is -0.783. The van der Waals surface area contributed by atoms with E-state index in [0.29, 0.717) is 5.95 Å². The molecule has 0 aliphatic rings. The van der Waals surface area contributed by atoms with Gasteiger partial charge >= 0.3 is 0 Å². The van der Waals surface area contributed by atoms with Crippen LogP contribution in [-0.2, 0) is 0 Å². The Kier molecular flexibility index (Phi) is 4.47. The third-order valence-electron chi connectivity index (χ3n) is 2.97. The number of rotatable bonds is 4. The lowest BCUT2D eigenvalue weighted by Gasteiger charge is -2.09. The van der Waals surface area contributed by atoms with Gasteiger partial charge in [0.05, 0.1) is 0 Å². The van der Waals surface area contributed by atoms with E-state index in [0.717, 1.165) is 10.2 Å². The Morgan fingerprint density at radius 2 is 1.57 bits per heavy atom. The van der Waals surface area contributed by atoms with Gasteiger partial charge in [0, 0.05) is 16.4 Å². The van der Waals surface area contributed by atoms with Gasteiger partial charge in [-0.15, -0.1) is 0 Å². The molecule has 3 aromatic rings. The molecule has 0 saturated carbocycles. The zero-order valence-corrected chi connectivity index (χ0v) is 13.3. The van der Waals surface area contributed by atoms with E-state index in [1.165, 1.54) is 30.5 Å². The van der Waals surface area contributed by atoms with Gasteiger partial charge in [-0.25, -0.2) is 13.8 Å². The van der Waals surface area contributed by atoms with Crippen LogP contribution in [0.3, 0.4) is 0 Å². The summed E-state index contributed by atoms with van der Waals surface area (Å²) in [5, 5.41) is 5.64. The van der Waals surface area contributed by atoms with Crippen molar-refractivity contribution in [1.29, 1.82) is 0 Å². The minimum atomic E-state index is -0.689. The molecule has 0 amide bonds. The number of nitrogens with one attached hydrogen (secondary N) is 2. The smallest absolute Gasteiger partial charge is 0.229 e. The van der Waals surface area contributed by atoms with Crippen molar-refractivity contribution in [2.24, 2.45) is 0 Å². The average molecular weight is 377 g/mol. The first-order chi connectivity index (χ1) is 11.1. The van der Waals surface area contributed by atoms with Crippen LogP contribution in [0.5, 0.6) is 0 Å². The van der Waals surface area contributed by atoms with Crippen LogP contribution >= 0.6 is 15.9 Å².